The second kappa shape index (κ2) is 12.4. The molecule has 0 aliphatic rings. The van der Waals surface area contributed by atoms with Crippen LogP contribution in [0.3, 0.4) is 0 Å². The van der Waals surface area contributed by atoms with Crippen LogP contribution in [0.5, 0.6) is 0 Å². The van der Waals surface area contributed by atoms with E-state index in [4.69, 9.17) is 0 Å². The predicted molar refractivity (Wildman–Crippen MR) is 79.6 cm³/mol. The van der Waals surface area contributed by atoms with Gasteiger partial charge in [-0.25, -0.2) is 0 Å². The Bertz CT molecular complexity index is 128. The highest BCUT2D eigenvalue weighted by molar-refractivity contribution is 4.67. The lowest BCUT2D eigenvalue weighted by molar-refractivity contribution is 0.404. The predicted octanol–water partition coefficient (Wildman–Crippen LogP) is 5.29. The maximum Gasteiger partial charge on any atom is 0.00412 e. The fraction of sp³-hybridized carbons (Fsp3) is 1.00. The van der Waals surface area contributed by atoms with E-state index in [1.165, 1.54) is 64.2 Å². The first kappa shape index (κ1) is 17.0. The molecule has 0 saturated carbocycles. The zero-order valence-corrected chi connectivity index (χ0v) is 12.7. The monoisotopic (exact) mass is 241 g/mol. The van der Waals surface area contributed by atoms with E-state index in [9.17, 15) is 0 Å². The highest BCUT2D eigenvalue weighted by atomic mass is 14.9. The van der Waals surface area contributed by atoms with Gasteiger partial charge < -0.3 is 5.32 Å². The first-order chi connectivity index (χ1) is 8.20. The van der Waals surface area contributed by atoms with Crippen molar-refractivity contribution in [2.24, 2.45) is 0 Å². The molecule has 0 unspecified atom stereocenters. The minimum atomic E-state index is 0.702. The number of hydrogen-bond donors (Lipinski definition) is 1. The summed E-state index contributed by atoms with van der Waals surface area (Å²) < 4.78 is 0. The summed E-state index contributed by atoms with van der Waals surface area (Å²) >= 11 is 0. The van der Waals surface area contributed by atoms with Gasteiger partial charge in [0.05, 0.1) is 0 Å². The number of unbranched alkanes of at least 4 members (excludes halogenated alkanes) is 6. The van der Waals surface area contributed by atoms with E-state index in [0.29, 0.717) is 12.1 Å². The topological polar surface area (TPSA) is 12.0 Å². The number of rotatable bonds is 12. The van der Waals surface area contributed by atoms with E-state index < -0.39 is 0 Å². The van der Waals surface area contributed by atoms with Gasteiger partial charge in [-0.3, -0.25) is 0 Å². The van der Waals surface area contributed by atoms with Crippen LogP contribution in [0.2, 0.25) is 0 Å². The van der Waals surface area contributed by atoms with Crippen molar-refractivity contribution in [1.82, 2.24) is 5.32 Å². The van der Waals surface area contributed by atoms with Crippen molar-refractivity contribution >= 4 is 0 Å². The SMILES string of the molecule is CCCCCC[C@@H](C)N[C@@H](C)CCCCCC. The van der Waals surface area contributed by atoms with Crippen LogP contribution in [0.1, 0.15) is 91.9 Å². The van der Waals surface area contributed by atoms with Gasteiger partial charge in [-0.1, -0.05) is 65.2 Å². The highest BCUT2D eigenvalue weighted by Gasteiger charge is 2.06. The molecule has 0 aliphatic heterocycles. The van der Waals surface area contributed by atoms with Crippen molar-refractivity contribution in [3.63, 3.8) is 0 Å². The second-order valence-electron chi connectivity index (χ2n) is 5.67. The molecule has 104 valence electrons. The van der Waals surface area contributed by atoms with Gasteiger partial charge in [0, 0.05) is 12.1 Å². The third kappa shape index (κ3) is 12.2. The minimum absolute atomic E-state index is 0.702. The van der Waals surface area contributed by atoms with Crippen LogP contribution in [0.25, 0.3) is 0 Å². The van der Waals surface area contributed by atoms with Crippen LogP contribution < -0.4 is 5.32 Å². The van der Waals surface area contributed by atoms with E-state index in [0.717, 1.165) is 0 Å². The zero-order chi connectivity index (χ0) is 12.9. The third-order valence-corrected chi connectivity index (χ3v) is 3.55. The molecule has 0 aromatic rings. The fourth-order valence-electron chi connectivity index (χ4n) is 2.41. The maximum atomic E-state index is 3.73. The summed E-state index contributed by atoms with van der Waals surface area (Å²) in [5, 5.41) is 3.73. The molecule has 0 aromatic carbocycles. The molecule has 0 radical (unpaired) electrons. The molecule has 1 N–H and O–H groups in total. The third-order valence-electron chi connectivity index (χ3n) is 3.55. The molecule has 0 spiro atoms. The van der Waals surface area contributed by atoms with Crippen molar-refractivity contribution in [2.75, 3.05) is 0 Å². The van der Waals surface area contributed by atoms with Crippen molar-refractivity contribution in [3.05, 3.63) is 0 Å². The van der Waals surface area contributed by atoms with Gasteiger partial charge in [0.1, 0.15) is 0 Å². The van der Waals surface area contributed by atoms with E-state index >= 15 is 0 Å². The summed E-state index contributed by atoms with van der Waals surface area (Å²) in [6.45, 7) is 9.24. The number of nitrogens with one attached hydrogen (secondary N) is 1. The summed E-state index contributed by atoms with van der Waals surface area (Å²) in [6.07, 6.45) is 13.8. The summed E-state index contributed by atoms with van der Waals surface area (Å²) in [7, 11) is 0. The first-order valence-electron chi connectivity index (χ1n) is 7.96. The summed E-state index contributed by atoms with van der Waals surface area (Å²) in [4.78, 5) is 0. The molecule has 1 nitrogen and oxygen atoms in total. The van der Waals surface area contributed by atoms with Crippen molar-refractivity contribution < 1.29 is 0 Å². The molecule has 0 saturated heterocycles. The fourth-order valence-corrected chi connectivity index (χ4v) is 2.41. The van der Waals surface area contributed by atoms with Gasteiger partial charge >= 0.3 is 0 Å². The Morgan fingerprint density at radius 2 is 1.06 bits per heavy atom. The van der Waals surface area contributed by atoms with Crippen molar-refractivity contribution in [3.8, 4) is 0 Å². The lowest BCUT2D eigenvalue weighted by atomic mass is 10.1. The molecule has 0 bridgehead atoms. The Hall–Kier alpha value is -0.0400. The minimum Gasteiger partial charge on any atom is -0.312 e. The molecular formula is C16H35N. The molecule has 0 rings (SSSR count). The van der Waals surface area contributed by atoms with Crippen molar-refractivity contribution in [2.45, 2.75) is 104 Å². The zero-order valence-electron chi connectivity index (χ0n) is 12.7. The van der Waals surface area contributed by atoms with E-state index in [-0.39, 0.29) is 0 Å². The van der Waals surface area contributed by atoms with Crippen LogP contribution >= 0.6 is 0 Å². The standard InChI is InChI=1S/C16H35N/c1-5-7-9-11-13-15(3)17-16(4)14-12-10-8-6-2/h15-17H,5-14H2,1-4H3/t15-,16+. The van der Waals surface area contributed by atoms with Crippen LogP contribution in [0.15, 0.2) is 0 Å². The molecule has 1 heteroatoms. The Labute approximate surface area is 110 Å². The normalized spacial score (nSPS) is 14.8. The molecule has 0 aromatic heterocycles. The van der Waals surface area contributed by atoms with Crippen molar-refractivity contribution in [1.29, 1.82) is 0 Å². The highest BCUT2D eigenvalue weighted by Crippen LogP contribution is 2.09. The smallest absolute Gasteiger partial charge is 0.00412 e. The lowest BCUT2D eigenvalue weighted by Crippen LogP contribution is -2.34. The van der Waals surface area contributed by atoms with Gasteiger partial charge in [0.2, 0.25) is 0 Å². The number of hydrogen-bond acceptors (Lipinski definition) is 1. The van der Waals surface area contributed by atoms with Gasteiger partial charge in [-0.15, -0.1) is 0 Å². The Kier molecular flexibility index (Phi) is 12.4. The van der Waals surface area contributed by atoms with E-state index in [1.807, 2.05) is 0 Å². The lowest BCUT2D eigenvalue weighted by Gasteiger charge is -2.20. The molecular weight excluding hydrogens is 206 g/mol. The van der Waals surface area contributed by atoms with Gasteiger partial charge in [0.25, 0.3) is 0 Å². The maximum absolute atomic E-state index is 3.73. The molecule has 0 amide bonds. The van der Waals surface area contributed by atoms with Crippen LogP contribution in [0.4, 0.5) is 0 Å². The Morgan fingerprint density at radius 1 is 0.647 bits per heavy atom. The second-order valence-corrected chi connectivity index (χ2v) is 5.67. The quantitative estimate of drug-likeness (QED) is 0.458. The summed E-state index contributed by atoms with van der Waals surface area (Å²) in [5.41, 5.74) is 0. The summed E-state index contributed by atoms with van der Waals surface area (Å²) in [5.74, 6) is 0. The van der Waals surface area contributed by atoms with Gasteiger partial charge in [-0.05, 0) is 26.7 Å². The largest absolute Gasteiger partial charge is 0.312 e. The molecule has 17 heavy (non-hydrogen) atoms. The Balaban J connectivity index is 3.35. The average molecular weight is 241 g/mol. The first-order valence-corrected chi connectivity index (χ1v) is 7.96. The van der Waals surface area contributed by atoms with Gasteiger partial charge in [0.15, 0.2) is 0 Å². The van der Waals surface area contributed by atoms with Crippen LogP contribution in [-0.2, 0) is 0 Å². The molecule has 0 fully saturated rings. The molecule has 0 heterocycles. The Morgan fingerprint density at radius 3 is 1.41 bits per heavy atom. The average Bonchev–Trinajstić information content (AvgIpc) is 2.30. The van der Waals surface area contributed by atoms with Crippen LogP contribution in [-0.4, -0.2) is 12.1 Å². The van der Waals surface area contributed by atoms with E-state index in [2.05, 4.69) is 33.0 Å². The molecule has 2 atom stereocenters. The molecule has 0 aliphatic carbocycles. The van der Waals surface area contributed by atoms with E-state index in [1.54, 1.807) is 0 Å². The summed E-state index contributed by atoms with van der Waals surface area (Å²) in [6, 6.07) is 1.40. The van der Waals surface area contributed by atoms with Gasteiger partial charge in [-0.2, -0.15) is 0 Å². The van der Waals surface area contributed by atoms with Crippen LogP contribution in [0, 0.1) is 0 Å².